The second-order valence-corrected chi connectivity index (χ2v) is 8.88. The van der Waals surface area contributed by atoms with E-state index in [9.17, 15) is 10.2 Å². The standard InChI is InChI=1S/C23H41NO2/c1-4-5-12-23(2,26)13-9-11-20-21-16-18(10-7-6-8-14-24-3)15-19(21)17-22(20)25/h9,11,15,19-22,24-26H,4-8,10,12-14,16-17H2,1-3H3/t19-,20+,21-,22+,23-/m0/s1. The molecular formula is C23H41NO2. The summed E-state index contributed by atoms with van der Waals surface area (Å²) >= 11 is 0. The molecule has 0 heterocycles. The normalized spacial score (nSPS) is 30.6. The lowest BCUT2D eigenvalue weighted by Gasteiger charge is -2.22. The van der Waals surface area contributed by atoms with Crippen molar-refractivity contribution in [3.05, 3.63) is 23.8 Å². The summed E-state index contributed by atoms with van der Waals surface area (Å²) in [7, 11) is 2.02. The summed E-state index contributed by atoms with van der Waals surface area (Å²) in [6, 6.07) is 0. The van der Waals surface area contributed by atoms with Gasteiger partial charge in [0.1, 0.15) is 0 Å². The predicted molar refractivity (Wildman–Crippen MR) is 110 cm³/mol. The summed E-state index contributed by atoms with van der Waals surface area (Å²) in [6.07, 6.45) is 17.5. The molecule has 0 saturated heterocycles. The summed E-state index contributed by atoms with van der Waals surface area (Å²) in [5.74, 6) is 1.40. The summed E-state index contributed by atoms with van der Waals surface area (Å²) in [6.45, 7) is 5.21. The van der Waals surface area contributed by atoms with E-state index in [2.05, 4.69) is 30.5 Å². The Labute approximate surface area is 161 Å². The molecule has 0 radical (unpaired) electrons. The Hall–Kier alpha value is -0.640. The second kappa shape index (κ2) is 10.6. The average Bonchev–Trinajstić information content (AvgIpc) is 3.10. The van der Waals surface area contributed by atoms with Crippen LogP contribution in [0.3, 0.4) is 0 Å². The molecule has 3 nitrogen and oxygen atoms in total. The largest absolute Gasteiger partial charge is 0.392 e. The fraction of sp³-hybridized carbons (Fsp3) is 0.826. The van der Waals surface area contributed by atoms with Gasteiger partial charge in [0.2, 0.25) is 0 Å². The van der Waals surface area contributed by atoms with Gasteiger partial charge in [0.05, 0.1) is 11.7 Å². The third kappa shape index (κ3) is 6.51. The smallest absolute Gasteiger partial charge is 0.0654 e. The van der Waals surface area contributed by atoms with Gasteiger partial charge in [-0.25, -0.2) is 0 Å². The van der Waals surface area contributed by atoms with E-state index < -0.39 is 5.60 Å². The average molecular weight is 364 g/mol. The van der Waals surface area contributed by atoms with Crippen LogP contribution >= 0.6 is 0 Å². The van der Waals surface area contributed by atoms with Crippen LogP contribution in [0, 0.1) is 17.8 Å². The fourth-order valence-electron chi connectivity index (χ4n) is 4.76. The fourth-order valence-corrected chi connectivity index (χ4v) is 4.76. The van der Waals surface area contributed by atoms with Crippen LogP contribution in [0.25, 0.3) is 0 Å². The Bertz CT molecular complexity index is 469. The van der Waals surface area contributed by atoms with Crippen molar-refractivity contribution in [2.24, 2.45) is 17.8 Å². The van der Waals surface area contributed by atoms with E-state index >= 15 is 0 Å². The number of allylic oxidation sites excluding steroid dienone is 2. The maximum atomic E-state index is 10.5. The zero-order valence-corrected chi connectivity index (χ0v) is 17.2. The molecule has 2 rings (SSSR count). The third-order valence-corrected chi connectivity index (χ3v) is 6.36. The molecule has 0 unspecified atom stereocenters. The first-order valence-electron chi connectivity index (χ1n) is 10.9. The molecule has 1 fully saturated rings. The van der Waals surface area contributed by atoms with Crippen LogP contribution in [0.1, 0.15) is 78.1 Å². The van der Waals surface area contributed by atoms with Gasteiger partial charge < -0.3 is 15.5 Å². The van der Waals surface area contributed by atoms with Crippen molar-refractivity contribution in [2.75, 3.05) is 13.6 Å². The molecule has 0 aromatic carbocycles. The molecule has 0 bridgehead atoms. The van der Waals surface area contributed by atoms with Crippen LogP contribution in [0.4, 0.5) is 0 Å². The molecular weight excluding hydrogens is 322 g/mol. The van der Waals surface area contributed by atoms with E-state index in [1.165, 1.54) is 25.7 Å². The van der Waals surface area contributed by atoms with E-state index in [0.717, 1.165) is 38.6 Å². The minimum atomic E-state index is -0.609. The molecule has 5 atom stereocenters. The van der Waals surface area contributed by atoms with Gasteiger partial charge in [-0.2, -0.15) is 0 Å². The number of unbranched alkanes of at least 4 members (excludes halogenated alkanes) is 3. The summed E-state index contributed by atoms with van der Waals surface area (Å²) in [4.78, 5) is 0. The number of aliphatic hydroxyl groups is 2. The molecule has 26 heavy (non-hydrogen) atoms. The monoisotopic (exact) mass is 363 g/mol. The first kappa shape index (κ1) is 21.7. The van der Waals surface area contributed by atoms with Gasteiger partial charge in [0, 0.05) is 5.92 Å². The molecule has 0 aliphatic heterocycles. The Balaban J connectivity index is 1.79. The van der Waals surface area contributed by atoms with Crippen molar-refractivity contribution >= 4 is 0 Å². The maximum Gasteiger partial charge on any atom is 0.0654 e. The first-order chi connectivity index (χ1) is 12.5. The summed E-state index contributed by atoms with van der Waals surface area (Å²) < 4.78 is 0. The highest BCUT2D eigenvalue weighted by Gasteiger charge is 2.43. The van der Waals surface area contributed by atoms with Crippen LogP contribution in [-0.4, -0.2) is 35.5 Å². The van der Waals surface area contributed by atoms with Gasteiger partial charge in [0.25, 0.3) is 0 Å². The lowest BCUT2D eigenvalue weighted by molar-refractivity contribution is 0.0513. The first-order valence-corrected chi connectivity index (χ1v) is 10.9. The van der Waals surface area contributed by atoms with Gasteiger partial charge in [-0.15, -0.1) is 0 Å². The van der Waals surface area contributed by atoms with Crippen LogP contribution in [0.2, 0.25) is 0 Å². The van der Waals surface area contributed by atoms with Crippen LogP contribution < -0.4 is 5.32 Å². The van der Waals surface area contributed by atoms with Gasteiger partial charge in [-0.1, -0.05) is 50.0 Å². The molecule has 0 aromatic heterocycles. The Kier molecular flexibility index (Phi) is 8.86. The van der Waals surface area contributed by atoms with Crippen molar-refractivity contribution in [1.29, 1.82) is 0 Å². The molecule has 150 valence electrons. The maximum absolute atomic E-state index is 10.5. The highest BCUT2D eigenvalue weighted by atomic mass is 16.3. The molecule has 2 aliphatic carbocycles. The number of hydrogen-bond donors (Lipinski definition) is 3. The summed E-state index contributed by atoms with van der Waals surface area (Å²) in [5, 5.41) is 24.1. The number of nitrogens with one attached hydrogen (secondary N) is 1. The van der Waals surface area contributed by atoms with Crippen molar-refractivity contribution in [2.45, 2.75) is 89.8 Å². The molecule has 2 aliphatic rings. The molecule has 3 N–H and O–H groups in total. The van der Waals surface area contributed by atoms with Gasteiger partial charge in [-0.05, 0) is 77.3 Å². The lowest BCUT2D eigenvalue weighted by Crippen LogP contribution is -2.23. The molecule has 0 aromatic rings. The zero-order chi connectivity index (χ0) is 19.0. The van der Waals surface area contributed by atoms with Gasteiger partial charge >= 0.3 is 0 Å². The highest BCUT2D eigenvalue weighted by Crippen LogP contribution is 2.48. The number of aliphatic hydroxyl groups excluding tert-OH is 1. The van der Waals surface area contributed by atoms with Crippen LogP contribution in [0.15, 0.2) is 23.8 Å². The van der Waals surface area contributed by atoms with Gasteiger partial charge in [0.15, 0.2) is 0 Å². The van der Waals surface area contributed by atoms with E-state index in [0.29, 0.717) is 18.3 Å². The van der Waals surface area contributed by atoms with Crippen molar-refractivity contribution in [1.82, 2.24) is 5.32 Å². The molecule has 0 amide bonds. The van der Waals surface area contributed by atoms with Crippen LogP contribution in [-0.2, 0) is 0 Å². The van der Waals surface area contributed by atoms with Crippen molar-refractivity contribution in [3.8, 4) is 0 Å². The highest BCUT2D eigenvalue weighted by molar-refractivity contribution is 5.20. The van der Waals surface area contributed by atoms with Crippen molar-refractivity contribution in [3.63, 3.8) is 0 Å². The summed E-state index contributed by atoms with van der Waals surface area (Å²) in [5.41, 5.74) is 1.01. The zero-order valence-electron chi connectivity index (χ0n) is 17.2. The predicted octanol–water partition coefficient (Wildman–Crippen LogP) is 4.60. The molecule has 3 heteroatoms. The quantitative estimate of drug-likeness (QED) is 0.351. The number of hydrogen-bond acceptors (Lipinski definition) is 3. The van der Waals surface area contributed by atoms with E-state index in [4.69, 9.17) is 0 Å². The van der Waals surface area contributed by atoms with E-state index in [1.54, 1.807) is 5.57 Å². The topological polar surface area (TPSA) is 52.5 Å². The molecule has 1 saturated carbocycles. The SMILES string of the molecule is CCCC[C@](C)(O)CC=C[C@@H]1[C@H]2CC(CCCCCNC)=C[C@H]2C[C@H]1O. The number of fused-ring (bicyclic) bond motifs is 1. The van der Waals surface area contributed by atoms with E-state index in [1.807, 2.05) is 14.0 Å². The van der Waals surface area contributed by atoms with Crippen LogP contribution in [0.5, 0.6) is 0 Å². The molecule has 0 spiro atoms. The second-order valence-electron chi connectivity index (χ2n) is 8.88. The van der Waals surface area contributed by atoms with Gasteiger partial charge in [-0.3, -0.25) is 0 Å². The third-order valence-electron chi connectivity index (χ3n) is 6.36. The minimum Gasteiger partial charge on any atom is -0.392 e. The Morgan fingerprint density at radius 1 is 1.27 bits per heavy atom. The lowest BCUT2D eigenvalue weighted by atomic mass is 9.87. The minimum absolute atomic E-state index is 0.213. The Morgan fingerprint density at radius 2 is 2.08 bits per heavy atom. The Morgan fingerprint density at radius 3 is 2.81 bits per heavy atom. The number of rotatable bonds is 12. The van der Waals surface area contributed by atoms with Crippen molar-refractivity contribution < 1.29 is 10.2 Å². The van der Waals surface area contributed by atoms with E-state index in [-0.39, 0.29) is 12.0 Å².